The normalized spacial score (nSPS) is 15.6. The first-order valence-electron chi connectivity index (χ1n) is 9.94. The number of amides is 1. The van der Waals surface area contributed by atoms with Gasteiger partial charge in [-0.1, -0.05) is 43.3 Å². The second kappa shape index (κ2) is 8.78. The van der Waals surface area contributed by atoms with Crippen LogP contribution in [0, 0.1) is 0 Å². The van der Waals surface area contributed by atoms with Gasteiger partial charge in [0.25, 0.3) is 0 Å². The molecule has 1 atom stereocenters. The van der Waals surface area contributed by atoms with Gasteiger partial charge in [0.2, 0.25) is 5.91 Å². The summed E-state index contributed by atoms with van der Waals surface area (Å²) in [5.41, 5.74) is 1.68. The molecule has 0 unspecified atom stereocenters. The summed E-state index contributed by atoms with van der Waals surface area (Å²) >= 11 is 0. The first-order chi connectivity index (χ1) is 14.2. The van der Waals surface area contributed by atoms with Gasteiger partial charge >= 0.3 is 0 Å². The molecule has 29 heavy (non-hydrogen) atoms. The van der Waals surface area contributed by atoms with Crippen molar-refractivity contribution in [2.24, 2.45) is 0 Å². The Labute approximate surface area is 170 Å². The third-order valence-electron chi connectivity index (χ3n) is 4.81. The molecule has 0 radical (unpaired) electrons. The number of carbonyl (C=O) groups is 1. The summed E-state index contributed by atoms with van der Waals surface area (Å²) in [5.74, 6) is 1.42. The molecule has 1 aliphatic rings. The minimum Gasteiger partial charge on any atom is -0.486 e. The Bertz CT molecular complexity index is 1030. The van der Waals surface area contributed by atoms with Crippen LogP contribution in [-0.2, 0) is 4.79 Å². The number of rotatable bonds is 6. The predicted molar refractivity (Wildman–Crippen MR) is 114 cm³/mol. The number of fused-ring (bicyclic) bond motifs is 2. The summed E-state index contributed by atoms with van der Waals surface area (Å²) in [4.78, 5) is 19.2. The van der Waals surface area contributed by atoms with Crippen molar-refractivity contribution in [2.45, 2.75) is 19.4 Å². The molecule has 1 amide bonds. The van der Waals surface area contributed by atoms with Crippen LogP contribution in [0.1, 0.15) is 19.0 Å². The Hall–Kier alpha value is -3.34. The summed E-state index contributed by atoms with van der Waals surface area (Å²) in [6, 6.07) is 19.5. The van der Waals surface area contributed by atoms with Crippen LogP contribution in [0.25, 0.3) is 17.0 Å². The van der Waals surface area contributed by atoms with E-state index in [0.717, 1.165) is 34.5 Å². The Morgan fingerprint density at radius 2 is 1.90 bits per heavy atom. The van der Waals surface area contributed by atoms with E-state index in [4.69, 9.17) is 9.47 Å². The van der Waals surface area contributed by atoms with Gasteiger partial charge in [-0.25, -0.2) is 4.98 Å². The Balaban J connectivity index is 1.43. The average Bonchev–Trinajstić information content (AvgIpc) is 2.77. The molecule has 2 aromatic carbocycles. The summed E-state index contributed by atoms with van der Waals surface area (Å²) in [6.45, 7) is 3.63. The van der Waals surface area contributed by atoms with Crippen molar-refractivity contribution in [1.82, 2.24) is 9.88 Å². The maximum absolute atomic E-state index is 12.8. The van der Waals surface area contributed by atoms with Gasteiger partial charge < -0.3 is 14.4 Å². The molecule has 5 nitrogen and oxygen atoms in total. The Morgan fingerprint density at radius 3 is 2.76 bits per heavy atom. The lowest BCUT2D eigenvalue weighted by molar-refractivity contribution is -0.127. The molecule has 0 bridgehead atoms. The second-order valence-electron chi connectivity index (χ2n) is 7.04. The number of aromatic nitrogens is 1. The van der Waals surface area contributed by atoms with Crippen molar-refractivity contribution < 1.29 is 14.3 Å². The molecule has 0 spiro atoms. The molecule has 3 aromatic rings. The summed E-state index contributed by atoms with van der Waals surface area (Å²) in [5, 5.41) is 1.08. The van der Waals surface area contributed by atoms with Crippen molar-refractivity contribution in [3.8, 4) is 11.5 Å². The van der Waals surface area contributed by atoms with Crippen molar-refractivity contribution in [3.63, 3.8) is 0 Å². The van der Waals surface area contributed by atoms with E-state index in [1.165, 1.54) is 0 Å². The fourth-order valence-electron chi connectivity index (χ4n) is 3.40. The molecular weight excluding hydrogens is 364 g/mol. The van der Waals surface area contributed by atoms with E-state index in [2.05, 4.69) is 11.9 Å². The minimum atomic E-state index is -0.187. The third kappa shape index (κ3) is 4.57. The Kier molecular flexibility index (Phi) is 5.75. The van der Waals surface area contributed by atoms with Gasteiger partial charge in [0.15, 0.2) is 17.6 Å². The highest BCUT2D eigenvalue weighted by Gasteiger charge is 2.24. The number of hydrogen-bond acceptors (Lipinski definition) is 4. The largest absolute Gasteiger partial charge is 0.486 e. The van der Waals surface area contributed by atoms with E-state index in [1.807, 2.05) is 60.7 Å². The maximum atomic E-state index is 12.8. The fraction of sp³-hybridized carbons (Fsp3) is 0.250. The molecule has 0 N–H and O–H groups in total. The molecular formula is C24H24N2O3. The summed E-state index contributed by atoms with van der Waals surface area (Å²) in [7, 11) is 0. The van der Waals surface area contributed by atoms with Gasteiger partial charge in [0.05, 0.1) is 17.8 Å². The van der Waals surface area contributed by atoms with E-state index >= 15 is 0 Å². The first kappa shape index (κ1) is 19.0. The van der Waals surface area contributed by atoms with E-state index in [-0.39, 0.29) is 12.0 Å². The monoisotopic (exact) mass is 388 g/mol. The number of hydrogen-bond donors (Lipinski definition) is 0. The average molecular weight is 388 g/mol. The van der Waals surface area contributed by atoms with Gasteiger partial charge in [-0.2, -0.15) is 0 Å². The number of para-hydroxylation sites is 3. The summed E-state index contributed by atoms with van der Waals surface area (Å²) < 4.78 is 11.8. The number of ether oxygens (including phenoxy) is 2. The van der Waals surface area contributed by atoms with Crippen molar-refractivity contribution >= 4 is 22.9 Å². The lowest BCUT2D eigenvalue weighted by atomic mass is 10.2. The van der Waals surface area contributed by atoms with Gasteiger partial charge in [-0.3, -0.25) is 4.79 Å². The zero-order chi connectivity index (χ0) is 20.1. The van der Waals surface area contributed by atoms with Crippen LogP contribution in [0.2, 0.25) is 0 Å². The third-order valence-corrected chi connectivity index (χ3v) is 4.81. The molecule has 0 aliphatic carbocycles. The number of carbonyl (C=O) groups excluding carboxylic acids is 1. The van der Waals surface area contributed by atoms with Crippen LogP contribution >= 0.6 is 0 Å². The van der Waals surface area contributed by atoms with E-state index in [9.17, 15) is 4.79 Å². The van der Waals surface area contributed by atoms with Gasteiger partial charge in [-0.15, -0.1) is 0 Å². The number of benzene rings is 2. The topological polar surface area (TPSA) is 51.7 Å². The highest BCUT2D eigenvalue weighted by Crippen LogP contribution is 2.31. The molecule has 2 heterocycles. The number of nitrogens with zero attached hydrogens (tertiary/aromatic N) is 2. The summed E-state index contributed by atoms with van der Waals surface area (Å²) in [6.07, 6.45) is 4.04. The standard InChI is InChI=1S/C24H24N2O3/c1-2-15-26(16-20-17-28-22-9-5-6-10-23(22)29-20)24(27)14-13-19-12-11-18-7-3-4-8-21(18)25-19/h3-14,20H,2,15-17H2,1H3/b14-13+/t20-/m1/s1. The molecule has 0 saturated carbocycles. The highest BCUT2D eigenvalue weighted by atomic mass is 16.6. The second-order valence-corrected chi connectivity index (χ2v) is 7.04. The maximum Gasteiger partial charge on any atom is 0.246 e. The zero-order valence-corrected chi connectivity index (χ0v) is 16.5. The highest BCUT2D eigenvalue weighted by molar-refractivity contribution is 5.92. The van der Waals surface area contributed by atoms with Crippen LogP contribution in [0.3, 0.4) is 0 Å². The van der Waals surface area contributed by atoms with E-state index < -0.39 is 0 Å². The van der Waals surface area contributed by atoms with Crippen LogP contribution in [0.15, 0.2) is 66.7 Å². The van der Waals surface area contributed by atoms with Gasteiger partial charge in [0.1, 0.15) is 6.61 Å². The molecule has 5 heteroatoms. The smallest absolute Gasteiger partial charge is 0.246 e. The van der Waals surface area contributed by atoms with E-state index in [1.54, 1.807) is 17.1 Å². The van der Waals surface area contributed by atoms with Gasteiger partial charge in [0, 0.05) is 18.0 Å². The minimum absolute atomic E-state index is 0.0516. The first-order valence-corrected chi connectivity index (χ1v) is 9.94. The zero-order valence-electron chi connectivity index (χ0n) is 16.5. The lowest BCUT2D eigenvalue weighted by Crippen LogP contribution is -2.43. The van der Waals surface area contributed by atoms with Gasteiger partial charge in [-0.05, 0) is 36.8 Å². The predicted octanol–water partition coefficient (Wildman–Crippen LogP) is 4.33. The molecule has 4 rings (SSSR count). The number of pyridine rings is 1. The fourth-order valence-corrected chi connectivity index (χ4v) is 3.40. The molecule has 148 valence electrons. The van der Waals surface area contributed by atoms with Crippen molar-refractivity contribution in [2.75, 3.05) is 19.7 Å². The molecule has 1 aliphatic heterocycles. The van der Waals surface area contributed by atoms with Crippen LogP contribution in [0.4, 0.5) is 0 Å². The quantitative estimate of drug-likeness (QED) is 0.590. The molecule has 0 saturated heterocycles. The lowest BCUT2D eigenvalue weighted by Gasteiger charge is -2.30. The Morgan fingerprint density at radius 1 is 1.10 bits per heavy atom. The van der Waals surface area contributed by atoms with Crippen molar-refractivity contribution in [1.29, 1.82) is 0 Å². The molecule has 0 fully saturated rings. The van der Waals surface area contributed by atoms with Crippen molar-refractivity contribution in [3.05, 3.63) is 72.4 Å². The van der Waals surface area contributed by atoms with Crippen LogP contribution in [-0.4, -0.2) is 41.6 Å². The van der Waals surface area contributed by atoms with Crippen LogP contribution in [0.5, 0.6) is 11.5 Å². The van der Waals surface area contributed by atoms with E-state index in [0.29, 0.717) is 19.7 Å². The molecule has 1 aromatic heterocycles. The van der Waals surface area contributed by atoms with Crippen LogP contribution < -0.4 is 9.47 Å². The SMILES string of the molecule is CCCN(C[C@@H]1COc2ccccc2O1)C(=O)/C=C/c1ccc2ccccc2n1.